The second-order valence-corrected chi connectivity index (χ2v) is 6.70. The Balaban J connectivity index is 1.34. The first-order valence-corrected chi connectivity index (χ1v) is 9.27. The molecule has 2 aromatic carbocycles. The summed E-state index contributed by atoms with van der Waals surface area (Å²) in [7, 11) is 0. The van der Waals surface area contributed by atoms with E-state index in [-0.39, 0.29) is 12.5 Å². The van der Waals surface area contributed by atoms with Crippen molar-refractivity contribution in [3.05, 3.63) is 60.2 Å². The highest BCUT2D eigenvalue weighted by atomic mass is 16.5. The lowest BCUT2D eigenvalue weighted by Crippen LogP contribution is -2.50. The molecular formula is C20H22N6O2. The molecule has 1 saturated heterocycles. The lowest BCUT2D eigenvalue weighted by atomic mass is 10.2. The number of rotatable bonds is 5. The fourth-order valence-electron chi connectivity index (χ4n) is 3.21. The van der Waals surface area contributed by atoms with E-state index in [2.05, 4.69) is 20.4 Å². The van der Waals surface area contributed by atoms with E-state index in [4.69, 9.17) is 4.74 Å². The van der Waals surface area contributed by atoms with Gasteiger partial charge in [0.2, 0.25) is 5.95 Å². The third-order valence-corrected chi connectivity index (χ3v) is 4.72. The fraction of sp³-hybridized carbons (Fsp3) is 0.300. The number of amides is 1. The van der Waals surface area contributed by atoms with Crippen LogP contribution in [0.2, 0.25) is 0 Å². The Hall–Kier alpha value is -3.42. The van der Waals surface area contributed by atoms with E-state index in [9.17, 15) is 4.79 Å². The molecule has 0 radical (unpaired) electrons. The van der Waals surface area contributed by atoms with Crippen LogP contribution in [0, 0.1) is 6.92 Å². The van der Waals surface area contributed by atoms with Gasteiger partial charge in [-0.2, -0.15) is 4.68 Å². The molecule has 144 valence electrons. The van der Waals surface area contributed by atoms with Gasteiger partial charge in [-0.15, -0.1) is 0 Å². The van der Waals surface area contributed by atoms with E-state index in [1.165, 1.54) is 0 Å². The summed E-state index contributed by atoms with van der Waals surface area (Å²) >= 11 is 0. The van der Waals surface area contributed by atoms with Gasteiger partial charge in [0.15, 0.2) is 6.61 Å². The van der Waals surface area contributed by atoms with Crippen LogP contribution in [0.5, 0.6) is 5.75 Å². The number of nitrogens with zero attached hydrogens (tertiary/aromatic N) is 6. The number of carbonyl (C=O) groups excluding carboxylic acids is 1. The quantitative estimate of drug-likeness (QED) is 0.673. The van der Waals surface area contributed by atoms with Gasteiger partial charge in [0, 0.05) is 26.2 Å². The highest BCUT2D eigenvalue weighted by molar-refractivity contribution is 5.78. The minimum Gasteiger partial charge on any atom is -0.484 e. The molecule has 0 saturated carbocycles. The van der Waals surface area contributed by atoms with Crippen molar-refractivity contribution < 1.29 is 9.53 Å². The van der Waals surface area contributed by atoms with Gasteiger partial charge in [0.25, 0.3) is 5.91 Å². The molecular weight excluding hydrogens is 356 g/mol. The summed E-state index contributed by atoms with van der Waals surface area (Å²) in [5.41, 5.74) is 2.02. The summed E-state index contributed by atoms with van der Waals surface area (Å²) in [6.07, 6.45) is 0. The zero-order chi connectivity index (χ0) is 19.3. The third-order valence-electron chi connectivity index (χ3n) is 4.72. The smallest absolute Gasteiger partial charge is 0.260 e. The maximum Gasteiger partial charge on any atom is 0.260 e. The number of ether oxygens (including phenoxy) is 1. The average Bonchev–Trinajstić information content (AvgIpc) is 3.23. The Labute approximate surface area is 163 Å². The Bertz CT molecular complexity index is 935. The molecule has 1 aromatic heterocycles. The van der Waals surface area contributed by atoms with E-state index in [1.54, 1.807) is 4.68 Å². The van der Waals surface area contributed by atoms with Crippen LogP contribution in [-0.4, -0.2) is 63.8 Å². The number of aromatic nitrogens is 4. The Kier molecular flexibility index (Phi) is 5.18. The number of benzene rings is 2. The van der Waals surface area contributed by atoms with Gasteiger partial charge in [-0.3, -0.25) is 4.79 Å². The van der Waals surface area contributed by atoms with Crippen molar-refractivity contribution in [2.24, 2.45) is 0 Å². The highest BCUT2D eigenvalue weighted by Crippen LogP contribution is 2.17. The molecule has 8 nitrogen and oxygen atoms in total. The summed E-state index contributed by atoms with van der Waals surface area (Å²) in [5, 5.41) is 12.1. The van der Waals surface area contributed by atoms with Crippen molar-refractivity contribution in [3.63, 3.8) is 0 Å². The molecule has 4 rings (SSSR count). The van der Waals surface area contributed by atoms with Crippen molar-refractivity contribution in [1.29, 1.82) is 0 Å². The lowest BCUT2D eigenvalue weighted by Gasteiger charge is -2.34. The van der Waals surface area contributed by atoms with Gasteiger partial charge in [-0.25, -0.2) is 0 Å². The molecule has 1 fully saturated rings. The fourth-order valence-corrected chi connectivity index (χ4v) is 3.21. The molecule has 8 heteroatoms. The number of carbonyl (C=O) groups is 1. The second-order valence-electron chi connectivity index (χ2n) is 6.70. The first kappa shape index (κ1) is 18.0. The van der Waals surface area contributed by atoms with Crippen LogP contribution in [0.15, 0.2) is 54.6 Å². The molecule has 1 aliphatic rings. The van der Waals surface area contributed by atoms with Crippen molar-refractivity contribution in [3.8, 4) is 11.4 Å². The number of tetrazole rings is 1. The molecule has 1 aliphatic heterocycles. The molecule has 0 aliphatic carbocycles. The van der Waals surface area contributed by atoms with Crippen LogP contribution in [0.1, 0.15) is 5.56 Å². The van der Waals surface area contributed by atoms with Gasteiger partial charge in [-0.1, -0.05) is 35.4 Å². The van der Waals surface area contributed by atoms with E-state index in [0.29, 0.717) is 37.9 Å². The summed E-state index contributed by atoms with van der Waals surface area (Å²) in [6.45, 7) is 4.60. The number of para-hydroxylation sites is 1. The summed E-state index contributed by atoms with van der Waals surface area (Å²) < 4.78 is 7.36. The number of hydrogen-bond donors (Lipinski definition) is 0. The number of aryl methyl sites for hydroxylation is 1. The minimum atomic E-state index is -0.0104. The summed E-state index contributed by atoms with van der Waals surface area (Å²) in [5.74, 6) is 1.40. The average molecular weight is 378 g/mol. The van der Waals surface area contributed by atoms with Crippen molar-refractivity contribution in [1.82, 2.24) is 25.1 Å². The monoisotopic (exact) mass is 378 g/mol. The van der Waals surface area contributed by atoms with E-state index >= 15 is 0 Å². The second kappa shape index (κ2) is 8.08. The summed E-state index contributed by atoms with van der Waals surface area (Å²) in [4.78, 5) is 16.4. The van der Waals surface area contributed by atoms with Gasteiger partial charge in [0.1, 0.15) is 5.75 Å². The van der Waals surface area contributed by atoms with Crippen LogP contribution in [0.25, 0.3) is 5.69 Å². The zero-order valence-electron chi connectivity index (χ0n) is 15.7. The molecule has 28 heavy (non-hydrogen) atoms. The van der Waals surface area contributed by atoms with E-state index in [1.807, 2.05) is 66.4 Å². The highest BCUT2D eigenvalue weighted by Gasteiger charge is 2.25. The topological polar surface area (TPSA) is 76.4 Å². The largest absolute Gasteiger partial charge is 0.484 e. The van der Waals surface area contributed by atoms with Crippen LogP contribution >= 0.6 is 0 Å². The number of piperazine rings is 1. The van der Waals surface area contributed by atoms with Gasteiger partial charge >= 0.3 is 0 Å². The molecule has 1 amide bonds. The maximum atomic E-state index is 12.5. The SMILES string of the molecule is Cc1cccc(OCC(=O)N2CCN(c3nnnn3-c3ccccc3)CC2)c1. The standard InChI is InChI=1S/C20H22N6O2/c1-16-6-5-9-18(14-16)28-15-19(27)24-10-12-25(13-11-24)20-21-22-23-26(20)17-7-3-2-4-8-17/h2-9,14H,10-13,15H2,1H3. The number of hydrogen-bond acceptors (Lipinski definition) is 6. The van der Waals surface area contributed by atoms with Gasteiger partial charge in [-0.05, 0) is 47.2 Å². The molecule has 2 heterocycles. The predicted molar refractivity (Wildman–Crippen MR) is 105 cm³/mol. The summed E-state index contributed by atoms with van der Waals surface area (Å²) in [6, 6.07) is 17.5. The molecule has 0 N–H and O–H groups in total. The van der Waals surface area contributed by atoms with Crippen molar-refractivity contribution >= 4 is 11.9 Å². The predicted octanol–water partition coefficient (Wildman–Crippen LogP) is 1.70. The van der Waals surface area contributed by atoms with Crippen LogP contribution in [-0.2, 0) is 4.79 Å². The Morgan fingerprint density at radius 3 is 2.57 bits per heavy atom. The number of anilines is 1. The van der Waals surface area contributed by atoms with E-state index in [0.717, 1.165) is 11.3 Å². The van der Waals surface area contributed by atoms with Crippen LogP contribution in [0.4, 0.5) is 5.95 Å². The first-order valence-electron chi connectivity index (χ1n) is 9.27. The van der Waals surface area contributed by atoms with Gasteiger partial charge in [0.05, 0.1) is 5.69 Å². The Morgan fingerprint density at radius 2 is 1.82 bits per heavy atom. The molecule has 3 aromatic rings. The Morgan fingerprint density at radius 1 is 1.04 bits per heavy atom. The first-order chi connectivity index (χ1) is 13.7. The van der Waals surface area contributed by atoms with Crippen molar-refractivity contribution in [2.45, 2.75) is 6.92 Å². The normalized spacial score (nSPS) is 14.2. The van der Waals surface area contributed by atoms with Crippen molar-refractivity contribution in [2.75, 3.05) is 37.7 Å². The van der Waals surface area contributed by atoms with E-state index < -0.39 is 0 Å². The van der Waals surface area contributed by atoms with Crippen LogP contribution < -0.4 is 9.64 Å². The molecule has 0 bridgehead atoms. The molecule has 0 atom stereocenters. The maximum absolute atomic E-state index is 12.5. The third kappa shape index (κ3) is 3.95. The van der Waals surface area contributed by atoms with Gasteiger partial charge < -0.3 is 14.5 Å². The van der Waals surface area contributed by atoms with Crippen LogP contribution in [0.3, 0.4) is 0 Å². The molecule has 0 unspecified atom stereocenters. The zero-order valence-corrected chi connectivity index (χ0v) is 15.7. The molecule has 0 spiro atoms. The minimum absolute atomic E-state index is 0.0104. The lowest BCUT2D eigenvalue weighted by molar-refractivity contribution is -0.133.